The van der Waals surface area contributed by atoms with Gasteiger partial charge in [0, 0.05) is 5.92 Å². The van der Waals surface area contributed by atoms with Crippen molar-refractivity contribution in [2.75, 3.05) is 6.67 Å². The van der Waals surface area contributed by atoms with Gasteiger partial charge in [-0.15, -0.1) is 0 Å². The third-order valence-electron chi connectivity index (χ3n) is 8.30. The van der Waals surface area contributed by atoms with Crippen molar-refractivity contribution in [3.05, 3.63) is 0 Å². The minimum atomic E-state index is -1.57. The summed E-state index contributed by atoms with van der Waals surface area (Å²) in [5, 5.41) is 0. The second-order valence-electron chi connectivity index (χ2n) is 10.3. The minimum Gasteiger partial charge on any atom is -0.251 e. The molecule has 0 N–H and O–H groups in total. The van der Waals surface area contributed by atoms with Crippen LogP contribution in [0.1, 0.15) is 96.8 Å². The Morgan fingerprint density at radius 2 is 1.26 bits per heavy atom. The van der Waals surface area contributed by atoms with Crippen LogP contribution < -0.4 is 0 Å². The van der Waals surface area contributed by atoms with Crippen LogP contribution in [0.2, 0.25) is 0 Å². The van der Waals surface area contributed by atoms with E-state index in [4.69, 9.17) is 0 Å². The minimum absolute atomic E-state index is 0.211. The molecule has 27 heavy (non-hydrogen) atoms. The van der Waals surface area contributed by atoms with E-state index in [9.17, 15) is 13.2 Å². The van der Waals surface area contributed by atoms with E-state index < -0.39 is 24.9 Å². The van der Waals surface area contributed by atoms with Gasteiger partial charge in [0.05, 0.1) is 6.67 Å². The summed E-state index contributed by atoms with van der Waals surface area (Å²) in [5.74, 6) is 2.79. The predicted octanol–water partition coefficient (Wildman–Crippen LogP) is 7.85. The number of halogens is 3. The van der Waals surface area contributed by atoms with Gasteiger partial charge in [-0.25, -0.2) is 8.78 Å². The second-order valence-corrected chi connectivity index (χ2v) is 10.3. The van der Waals surface area contributed by atoms with E-state index in [1.165, 1.54) is 64.2 Å². The van der Waals surface area contributed by atoms with E-state index in [0.29, 0.717) is 18.8 Å². The molecule has 3 heteroatoms. The third kappa shape index (κ3) is 6.13. The number of alkyl halides is 3. The summed E-state index contributed by atoms with van der Waals surface area (Å²) in [5.41, 5.74) is 0. The van der Waals surface area contributed by atoms with Gasteiger partial charge in [0.25, 0.3) is 0 Å². The highest BCUT2D eigenvalue weighted by molar-refractivity contribution is 4.90. The highest BCUT2D eigenvalue weighted by Gasteiger charge is 2.41. The van der Waals surface area contributed by atoms with Crippen molar-refractivity contribution in [3.8, 4) is 0 Å². The first-order valence-corrected chi connectivity index (χ1v) is 11.9. The fourth-order valence-corrected chi connectivity index (χ4v) is 6.29. The number of unbranched alkanes of at least 4 members (excludes halogenated alkanes) is 1. The van der Waals surface area contributed by atoms with Crippen LogP contribution in [0.4, 0.5) is 13.2 Å². The molecule has 0 spiro atoms. The molecule has 0 radical (unpaired) electrons. The zero-order valence-electron chi connectivity index (χ0n) is 17.4. The van der Waals surface area contributed by atoms with Gasteiger partial charge in [0.2, 0.25) is 0 Å². The highest BCUT2D eigenvalue weighted by atomic mass is 19.2. The van der Waals surface area contributed by atoms with Gasteiger partial charge in [0.15, 0.2) is 0 Å². The normalized spacial score (nSPS) is 43.6. The van der Waals surface area contributed by atoms with Crippen LogP contribution in [0, 0.1) is 35.5 Å². The molecule has 0 aliphatic heterocycles. The van der Waals surface area contributed by atoms with Crippen molar-refractivity contribution < 1.29 is 13.2 Å². The smallest absolute Gasteiger partial charge is 0.136 e. The van der Waals surface area contributed by atoms with Crippen LogP contribution in [-0.2, 0) is 0 Å². The molecule has 0 amide bonds. The lowest BCUT2D eigenvalue weighted by atomic mass is 9.67. The standard InChI is InChI=1S/C24H41F3/c1-17-6-8-18(9-7-17)4-2-3-5-19-10-12-20(13-11-19)21-14-22(16-25)24(27)23(26)15-21/h17-24H,2-16H2,1H3. The van der Waals surface area contributed by atoms with Crippen LogP contribution in [0.15, 0.2) is 0 Å². The summed E-state index contributed by atoms with van der Waals surface area (Å²) >= 11 is 0. The summed E-state index contributed by atoms with van der Waals surface area (Å²) in [6, 6.07) is 0. The van der Waals surface area contributed by atoms with Crippen LogP contribution in [0.3, 0.4) is 0 Å². The molecule has 0 bridgehead atoms. The first-order valence-electron chi connectivity index (χ1n) is 11.9. The van der Waals surface area contributed by atoms with Gasteiger partial charge in [-0.2, -0.15) is 0 Å². The van der Waals surface area contributed by atoms with E-state index in [1.807, 2.05) is 0 Å². The molecule has 3 saturated carbocycles. The van der Waals surface area contributed by atoms with E-state index in [2.05, 4.69) is 6.92 Å². The Balaban J connectivity index is 1.30. The van der Waals surface area contributed by atoms with Crippen LogP contribution in [0.25, 0.3) is 0 Å². The Hall–Kier alpha value is -0.210. The lowest BCUT2D eigenvalue weighted by Gasteiger charge is -2.40. The third-order valence-corrected chi connectivity index (χ3v) is 8.30. The second kappa shape index (κ2) is 10.5. The van der Waals surface area contributed by atoms with Gasteiger partial charge in [-0.3, -0.25) is 4.39 Å². The Labute approximate surface area is 165 Å². The van der Waals surface area contributed by atoms with Crippen molar-refractivity contribution in [2.24, 2.45) is 35.5 Å². The molecule has 4 unspecified atom stereocenters. The molecule has 3 aliphatic rings. The summed E-state index contributed by atoms with van der Waals surface area (Å²) < 4.78 is 40.7. The summed E-state index contributed by atoms with van der Waals surface area (Å²) in [6.45, 7) is 1.69. The predicted molar refractivity (Wildman–Crippen MR) is 107 cm³/mol. The maximum Gasteiger partial charge on any atom is 0.136 e. The van der Waals surface area contributed by atoms with Gasteiger partial charge >= 0.3 is 0 Å². The van der Waals surface area contributed by atoms with Crippen LogP contribution >= 0.6 is 0 Å². The molecule has 3 fully saturated rings. The number of rotatable bonds is 7. The Kier molecular flexibility index (Phi) is 8.39. The monoisotopic (exact) mass is 386 g/mol. The summed E-state index contributed by atoms with van der Waals surface area (Å²) in [7, 11) is 0. The summed E-state index contributed by atoms with van der Waals surface area (Å²) in [6.07, 6.45) is 14.0. The SMILES string of the molecule is CC1CCC(CCCCC2CCC(C3CC(F)C(F)C(CF)C3)CC2)CC1. The molecule has 3 aliphatic carbocycles. The van der Waals surface area contributed by atoms with E-state index in [0.717, 1.165) is 30.6 Å². The first kappa shape index (κ1) is 21.5. The maximum absolute atomic E-state index is 13.9. The molecule has 4 atom stereocenters. The molecule has 3 rings (SSSR count). The maximum atomic E-state index is 13.9. The lowest BCUT2D eigenvalue weighted by Crippen LogP contribution is -2.40. The Morgan fingerprint density at radius 3 is 1.81 bits per heavy atom. The molecule has 0 heterocycles. The fourth-order valence-electron chi connectivity index (χ4n) is 6.29. The topological polar surface area (TPSA) is 0 Å². The van der Waals surface area contributed by atoms with Gasteiger partial charge in [-0.05, 0) is 55.3 Å². The van der Waals surface area contributed by atoms with Gasteiger partial charge in [0.1, 0.15) is 12.3 Å². The van der Waals surface area contributed by atoms with E-state index in [1.54, 1.807) is 0 Å². The largest absolute Gasteiger partial charge is 0.251 e. The fraction of sp³-hybridized carbons (Fsp3) is 1.00. The van der Waals surface area contributed by atoms with Crippen molar-refractivity contribution in [2.45, 2.75) is 109 Å². The van der Waals surface area contributed by atoms with Crippen molar-refractivity contribution in [1.29, 1.82) is 0 Å². The average Bonchev–Trinajstić information content (AvgIpc) is 2.69. The molecule has 0 aromatic heterocycles. The first-order chi connectivity index (χ1) is 13.1. The highest BCUT2D eigenvalue weighted by Crippen LogP contribution is 2.44. The zero-order chi connectivity index (χ0) is 19.2. The molecule has 158 valence electrons. The van der Waals surface area contributed by atoms with Crippen molar-refractivity contribution in [3.63, 3.8) is 0 Å². The van der Waals surface area contributed by atoms with Gasteiger partial charge in [-0.1, -0.05) is 71.1 Å². The molecular weight excluding hydrogens is 345 g/mol. The van der Waals surface area contributed by atoms with Crippen molar-refractivity contribution in [1.82, 2.24) is 0 Å². The van der Waals surface area contributed by atoms with Gasteiger partial charge < -0.3 is 0 Å². The zero-order valence-corrected chi connectivity index (χ0v) is 17.4. The number of hydrogen-bond acceptors (Lipinski definition) is 0. The van der Waals surface area contributed by atoms with Crippen LogP contribution in [0.5, 0.6) is 0 Å². The summed E-state index contributed by atoms with van der Waals surface area (Å²) in [4.78, 5) is 0. The lowest BCUT2D eigenvalue weighted by molar-refractivity contribution is 0.00258. The molecule has 0 aromatic carbocycles. The van der Waals surface area contributed by atoms with E-state index in [-0.39, 0.29) is 5.92 Å². The molecular formula is C24H41F3. The molecule has 0 saturated heterocycles. The van der Waals surface area contributed by atoms with E-state index >= 15 is 0 Å². The van der Waals surface area contributed by atoms with Crippen molar-refractivity contribution >= 4 is 0 Å². The average molecular weight is 387 g/mol. The Bertz CT molecular complexity index is 410. The quantitative estimate of drug-likeness (QED) is 0.391. The van der Waals surface area contributed by atoms with Crippen LogP contribution in [-0.4, -0.2) is 19.0 Å². The molecule has 0 aromatic rings. The Morgan fingerprint density at radius 1 is 0.704 bits per heavy atom. The number of hydrogen-bond donors (Lipinski definition) is 0. The molecule has 0 nitrogen and oxygen atoms in total.